The summed E-state index contributed by atoms with van der Waals surface area (Å²) >= 11 is 0. The van der Waals surface area contributed by atoms with Gasteiger partial charge in [0.15, 0.2) is 0 Å². The van der Waals surface area contributed by atoms with Crippen molar-refractivity contribution < 1.29 is 23.4 Å². The van der Waals surface area contributed by atoms with E-state index in [9.17, 15) is 13.6 Å². The van der Waals surface area contributed by atoms with Crippen LogP contribution in [-0.4, -0.2) is 30.3 Å². The zero-order valence-electron chi connectivity index (χ0n) is 11.5. The highest BCUT2D eigenvalue weighted by molar-refractivity contribution is 5.78. The molecule has 20 heavy (non-hydrogen) atoms. The summed E-state index contributed by atoms with van der Waals surface area (Å²) in [5, 5.41) is 11.7. The highest BCUT2D eigenvalue weighted by Gasteiger charge is 2.14. The lowest BCUT2D eigenvalue weighted by Crippen LogP contribution is -2.39. The van der Waals surface area contributed by atoms with Crippen molar-refractivity contribution in [3.05, 3.63) is 29.8 Å². The summed E-state index contributed by atoms with van der Waals surface area (Å²) in [6.07, 6.45) is 0.0723. The number of halogens is 2. The molecule has 0 aliphatic heterocycles. The number of rotatable bonds is 7. The second-order valence-electron chi connectivity index (χ2n) is 4.72. The van der Waals surface area contributed by atoms with Crippen molar-refractivity contribution in [3.8, 4) is 5.75 Å². The third-order valence-corrected chi connectivity index (χ3v) is 3.02. The molecule has 1 aromatic rings. The smallest absolute Gasteiger partial charge is 0.387 e. The van der Waals surface area contributed by atoms with Gasteiger partial charge in [-0.15, -0.1) is 0 Å². The molecule has 2 unspecified atom stereocenters. The van der Waals surface area contributed by atoms with Gasteiger partial charge in [-0.1, -0.05) is 19.1 Å². The second-order valence-corrected chi connectivity index (χ2v) is 4.72. The van der Waals surface area contributed by atoms with Crippen molar-refractivity contribution in [2.45, 2.75) is 32.9 Å². The summed E-state index contributed by atoms with van der Waals surface area (Å²) in [6.45, 7) is 0.723. The van der Waals surface area contributed by atoms with E-state index in [1.807, 2.05) is 6.92 Å². The van der Waals surface area contributed by atoms with E-state index in [0.29, 0.717) is 5.56 Å². The fourth-order valence-electron chi connectivity index (χ4n) is 1.62. The molecule has 0 saturated heterocycles. The molecule has 1 aromatic carbocycles. The number of ether oxygens (including phenoxy) is 1. The minimum absolute atomic E-state index is 0.0147. The predicted molar refractivity (Wildman–Crippen MR) is 70.6 cm³/mol. The number of carbonyl (C=O) groups excluding carboxylic acids is 1. The highest BCUT2D eigenvalue weighted by atomic mass is 19.3. The quantitative estimate of drug-likeness (QED) is 0.806. The molecule has 0 heterocycles. The third kappa shape index (κ3) is 5.52. The van der Waals surface area contributed by atoms with E-state index in [2.05, 4.69) is 10.1 Å². The van der Waals surface area contributed by atoms with Gasteiger partial charge in [0.2, 0.25) is 5.91 Å². The first-order valence-electron chi connectivity index (χ1n) is 6.36. The molecular weight excluding hydrogens is 268 g/mol. The molecule has 0 fully saturated rings. The Bertz CT molecular complexity index is 440. The molecule has 0 aliphatic carbocycles. The number of aliphatic hydroxyl groups excluding tert-OH is 1. The summed E-state index contributed by atoms with van der Waals surface area (Å²) in [7, 11) is 0. The van der Waals surface area contributed by atoms with Crippen molar-refractivity contribution in [2.24, 2.45) is 5.92 Å². The molecule has 6 heteroatoms. The monoisotopic (exact) mass is 287 g/mol. The number of amides is 1. The van der Waals surface area contributed by atoms with Gasteiger partial charge in [-0.25, -0.2) is 0 Å². The Labute approximate surface area is 116 Å². The Balaban J connectivity index is 2.57. The van der Waals surface area contributed by atoms with Crippen molar-refractivity contribution in [2.75, 3.05) is 6.61 Å². The van der Waals surface area contributed by atoms with Gasteiger partial charge in [-0.3, -0.25) is 4.79 Å². The zero-order valence-corrected chi connectivity index (χ0v) is 11.5. The number of aliphatic hydroxyl groups is 1. The second kappa shape index (κ2) is 7.79. The molecule has 1 amide bonds. The van der Waals surface area contributed by atoms with Crippen LogP contribution in [0.2, 0.25) is 0 Å². The van der Waals surface area contributed by atoms with Gasteiger partial charge in [-0.05, 0) is 30.5 Å². The molecule has 0 spiro atoms. The van der Waals surface area contributed by atoms with Crippen LogP contribution in [0.3, 0.4) is 0 Å². The standard InChI is InChI=1S/C14H19F2NO3/c1-9(8-18)10(2)17-13(19)7-11-4-3-5-12(6-11)20-14(15)16/h3-6,9-10,14,18H,7-8H2,1-2H3,(H,17,19). The van der Waals surface area contributed by atoms with Gasteiger partial charge < -0.3 is 15.2 Å². The summed E-state index contributed by atoms with van der Waals surface area (Å²) in [4.78, 5) is 11.8. The largest absolute Gasteiger partial charge is 0.435 e. The Hall–Kier alpha value is -1.69. The minimum atomic E-state index is -2.88. The summed E-state index contributed by atoms with van der Waals surface area (Å²) in [6, 6.07) is 5.88. The number of carbonyl (C=O) groups is 1. The van der Waals surface area contributed by atoms with Crippen LogP contribution in [0.25, 0.3) is 0 Å². The highest BCUT2D eigenvalue weighted by Crippen LogP contribution is 2.16. The predicted octanol–water partition coefficient (Wildman–Crippen LogP) is 1.96. The van der Waals surface area contributed by atoms with Crippen molar-refractivity contribution >= 4 is 5.91 Å². The lowest BCUT2D eigenvalue weighted by Gasteiger charge is -2.19. The third-order valence-electron chi connectivity index (χ3n) is 3.02. The van der Waals surface area contributed by atoms with E-state index in [1.165, 1.54) is 12.1 Å². The molecule has 0 aliphatic rings. The normalized spacial score (nSPS) is 13.9. The number of benzene rings is 1. The van der Waals surface area contributed by atoms with Gasteiger partial charge in [0.05, 0.1) is 6.42 Å². The average molecular weight is 287 g/mol. The van der Waals surface area contributed by atoms with Gasteiger partial charge in [0.1, 0.15) is 5.75 Å². The van der Waals surface area contributed by atoms with Crippen LogP contribution in [0.1, 0.15) is 19.4 Å². The van der Waals surface area contributed by atoms with Crippen LogP contribution in [0.15, 0.2) is 24.3 Å². The van der Waals surface area contributed by atoms with Crippen LogP contribution >= 0.6 is 0 Å². The number of alkyl halides is 2. The molecule has 0 saturated carbocycles. The maximum absolute atomic E-state index is 12.1. The maximum atomic E-state index is 12.1. The van der Waals surface area contributed by atoms with Crippen molar-refractivity contribution in [1.82, 2.24) is 5.32 Å². The minimum Gasteiger partial charge on any atom is -0.435 e. The Kier molecular flexibility index (Phi) is 6.38. The Morgan fingerprint density at radius 3 is 2.70 bits per heavy atom. The van der Waals surface area contributed by atoms with Gasteiger partial charge >= 0.3 is 6.61 Å². The molecule has 112 valence electrons. The fraction of sp³-hybridized carbons (Fsp3) is 0.500. The van der Waals surface area contributed by atoms with Gasteiger partial charge in [0, 0.05) is 12.6 Å². The molecular formula is C14H19F2NO3. The van der Waals surface area contributed by atoms with Gasteiger partial charge in [-0.2, -0.15) is 8.78 Å². The van der Waals surface area contributed by atoms with Crippen LogP contribution < -0.4 is 10.1 Å². The zero-order chi connectivity index (χ0) is 15.1. The van der Waals surface area contributed by atoms with Crippen LogP contribution in [-0.2, 0) is 11.2 Å². The number of hydrogen-bond acceptors (Lipinski definition) is 3. The van der Waals surface area contributed by atoms with E-state index in [4.69, 9.17) is 5.11 Å². The van der Waals surface area contributed by atoms with Gasteiger partial charge in [0.25, 0.3) is 0 Å². The first-order chi connectivity index (χ1) is 9.42. The lowest BCUT2D eigenvalue weighted by atomic mass is 10.0. The topological polar surface area (TPSA) is 58.6 Å². The number of nitrogens with one attached hydrogen (secondary N) is 1. The van der Waals surface area contributed by atoms with E-state index >= 15 is 0 Å². The van der Waals surface area contributed by atoms with Crippen LogP contribution in [0.5, 0.6) is 5.75 Å². The Morgan fingerprint density at radius 1 is 1.40 bits per heavy atom. The molecule has 0 aromatic heterocycles. The molecule has 0 radical (unpaired) electrons. The maximum Gasteiger partial charge on any atom is 0.387 e. The van der Waals surface area contributed by atoms with E-state index in [-0.39, 0.29) is 36.6 Å². The SMILES string of the molecule is CC(CO)C(C)NC(=O)Cc1cccc(OC(F)F)c1. The van der Waals surface area contributed by atoms with E-state index in [1.54, 1.807) is 19.1 Å². The summed E-state index contributed by atoms with van der Waals surface area (Å²) < 4.78 is 28.5. The van der Waals surface area contributed by atoms with E-state index in [0.717, 1.165) is 0 Å². The molecule has 1 rings (SSSR count). The summed E-state index contributed by atoms with van der Waals surface area (Å²) in [5.74, 6) is -0.249. The number of hydrogen-bond donors (Lipinski definition) is 2. The fourth-order valence-corrected chi connectivity index (χ4v) is 1.62. The molecule has 2 N–H and O–H groups in total. The lowest BCUT2D eigenvalue weighted by molar-refractivity contribution is -0.121. The molecule has 4 nitrogen and oxygen atoms in total. The van der Waals surface area contributed by atoms with Crippen LogP contribution in [0.4, 0.5) is 8.78 Å². The molecule has 0 bridgehead atoms. The first-order valence-corrected chi connectivity index (χ1v) is 6.36. The van der Waals surface area contributed by atoms with Crippen LogP contribution in [0, 0.1) is 5.92 Å². The molecule has 2 atom stereocenters. The first kappa shape index (κ1) is 16.4. The summed E-state index contributed by atoms with van der Waals surface area (Å²) in [5.41, 5.74) is 0.588. The van der Waals surface area contributed by atoms with E-state index < -0.39 is 6.61 Å². The van der Waals surface area contributed by atoms with Crippen molar-refractivity contribution in [1.29, 1.82) is 0 Å². The van der Waals surface area contributed by atoms with Crippen molar-refractivity contribution in [3.63, 3.8) is 0 Å². The Morgan fingerprint density at radius 2 is 2.10 bits per heavy atom. The average Bonchev–Trinajstić information content (AvgIpc) is 2.37.